The summed E-state index contributed by atoms with van der Waals surface area (Å²) >= 11 is 6.13. The summed E-state index contributed by atoms with van der Waals surface area (Å²) in [4.78, 5) is 12.0. The number of ether oxygens (including phenoxy) is 1. The molecule has 0 aromatic heterocycles. The first-order chi connectivity index (χ1) is 9.20. The number of alkyl halides is 1. The molecule has 0 aliphatic heterocycles. The zero-order valence-corrected chi connectivity index (χ0v) is 11.2. The SMILES string of the molecule is COc1ccc(NC(=O)C(Cl)c2ccccc2)cc1. The standard InChI is InChI=1S/C15H14ClNO2/c1-19-13-9-7-12(8-10-13)17-15(18)14(16)11-5-3-2-4-6-11/h2-10,14H,1H3,(H,17,18). The Morgan fingerprint density at radius 2 is 1.74 bits per heavy atom. The van der Waals surface area contributed by atoms with E-state index in [0.29, 0.717) is 5.69 Å². The Kier molecular flexibility index (Phi) is 4.42. The summed E-state index contributed by atoms with van der Waals surface area (Å²) in [5, 5.41) is 2.06. The van der Waals surface area contributed by atoms with Gasteiger partial charge in [0.1, 0.15) is 11.1 Å². The third-order valence-corrected chi connectivity index (χ3v) is 3.13. The van der Waals surface area contributed by atoms with Gasteiger partial charge in [-0.2, -0.15) is 0 Å². The summed E-state index contributed by atoms with van der Waals surface area (Å²) in [6.45, 7) is 0. The highest BCUT2D eigenvalue weighted by molar-refractivity contribution is 6.32. The van der Waals surface area contributed by atoms with Gasteiger partial charge in [-0.05, 0) is 29.8 Å². The number of methoxy groups -OCH3 is 1. The second-order valence-corrected chi connectivity index (χ2v) is 4.43. The number of halogens is 1. The van der Waals surface area contributed by atoms with Crippen LogP contribution in [0.5, 0.6) is 5.75 Å². The predicted octanol–water partition coefficient (Wildman–Crippen LogP) is 3.61. The molecular weight excluding hydrogens is 262 g/mol. The van der Waals surface area contributed by atoms with Gasteiger partial charge in [0.15, 0.2) is 0 Å². The molecule has 1 atom stereocenters. The average molecular weight is 276 g/mol. The molecule has 19 heavy (non-hydrogen) atoms. The van der Waals surface area contributed by atoms with E-state index in [1.807, 2.05) is 30.3 Å². The molecule has 1 N–H and O–H groups in total. The zero-order valence-electron chi connectivity index (χ0n) is 10.5. The lowest BCUT2D eigenvalue weighted by molar-refractivity contribution is -0.116. The Bertz CT molecular complexity index is 540. The summed E-state index contributed by atoms with van der Waals surface area (Å²) in [6.07, 6.45) is 0. The van der Waals surface area contributed by atoms with Crippen LogP contribution in [0.1, 0.15) is 10.9 Å². The van der Waals surface area contributed by atoms with Crippen molar-refractivity contribution in [2.24, 2.45) is 0 Å². The lowest BCUT2D eigenvalue weighted by Crippen LogP contribution is -2.17. The number of hydrogen-bond acceptors (Lipinski definition) is 2. The van der Waals surface area contributed by atoms with Gasteiger partial charge in [-0.3, -0.25) is 4.79 Å². The molecule has 4 heteroatoms. The molecule has 2 rings (SSSR count). The molecule has 0 spiro atoms. The number of anilines is 1. The van der Waals surface area contributed by atoms with Crippen molar-refractivity contribution in [3.05, 3.63) is 60.2 Å². The first-order valence-electron chi connectivity index (χ1n) is 5.84. The third-order valence-electron chi connectivity index (χ3n) is 2.68. The minimum Gasteiger partial charge on any atom is -0.497 e. The molecule has 0 radical (unpaired) electrons. The van der Waals surface area contributed by atoms with Crippen LogP contribution in [0.2, 0.25) is 0 Å². The summed E-state index contributed by atoms with van der Waals surface area (Å²) in [5.74, 6) is 0.488. The van der Waals surface area contributed by atoms with Crippen molar-refractivity contribution >= 4 is 23.2 Å². The molecule has 1 unspecified atom stereocenters. The summed E-state index contributed by atoms with van der Waals surface area (Å²) in [5.41, 5.74) is 1.46. The maximum absolute atomic E-state index is 12.0. The molecule has 2 aromatic rings. The van der Waals surface area contributed by atoms with Gasteiger partial charge in [0, 0.05) is 5.69 Å². The second-order valence-electron chi connectivity index (χ2n) is 3.99. The minimum atomic E-state index is -0.705. The Hall–Kier alpha value is -2.00. The highest BCUT2D eigenvalue weighted by Crippen LogP contribution is 2.23. The summed E-state index contributed by atoms with van der Waals surface area (Å²) in [6, 6.07) is 16.3. The van der Waals surface area contributed by atoms with E-state index in [0.717, 1.165) is 11.3 Å². The Labute approximate surface area is 117 Å². The van der Waals surface area contributed by atoms with E-state index in [4.69, 9.17) is 16.3 Å². The van der Waals surface area contributed by atoms with Crippen LogP contribution in [0, 0.1) is 0 Å². The van der Waals surface area contributed by atoms with Crippen LogP contribution < -0.4 is 10.1 Å². The molecule has 0 fully saturated rings. The topological polar surface area (TPSA) is 38.3 Å². The number of rotatable bonds is 4. The van der Waals surface area contributed by atoms with Gasteiger partial charge in [0.25, 0.3) is 0 Å². The number of hydrogen-bond donors (Lipinski definition) is 1. The maximum atomic E-state index is 12.0. The fraction of sp³-hybridized carbons (Fsp3) is 0.133. The van der Waals surface area contributed by atoms with Crippen molar-refractivity contribution in [3.63, 3.8) is 0 Å². The number of nitrogens with one attached hydrogen (secondary N) is 1. The lowest BCUT2D eigenvalue weighted by atomic mass is 10.1. The molecule has 3 nitrogen and oxygen atoms in total. The van der Waals surface area contributed by atoms with Gasteiger partial charge in [-0.1, -0.05) is 30.3 Å². The monoisotopic (exact) mass is 275 g/mol. The smallest absolute Gasteiger partial charge is 0.246 e. The number of amides is 1. The van der Waals surface area contributed by atoms with Gasteiger partial charge >= 0.3 is 0 Å². The van der Waals surface area contributed by atoms with E-state index < -0.39 is 5.38 Å². The minimum absolute atomic E-state index is 0.252. The average Bonchev–Trinajstić information content (AvgIpc) is 2.48. The van der Waals surface area contributed by atoms with Crippen molar-refractivity contribution in [2.75, 3.05) is 12.4 Å². The van der Waals surface area contributed by atoms with Crippen LogP contribution in [0.15, 0.2) is 54.6 Å². The lowest BCUT2D eigenvalue weighted by Gasteiger charge is -2.11. The van der Waals surface area contributed by atoms with E-state index in [1.165, 1.54) is 0 Å². The summed E-state index contributed by atoms with van der Waals surface area (Å²) < 4.78 is 5.05. The van der Waals surface area contributed by atoms with Crippen LogP contribution >= 0.6 is 11.6 Å². The fourth-order valence-electron chi connectivity index (χ4n) is 1.65. The molecule has 0 heterocycles. The van der Waals surface area contributed by atoms with Crippen molar-refractivity contribution < 1.29 is 9.53 Å². The predicted molar refractivity (Wildman–Crippen MR) is 76.7 cm³/mol. The molecule has 0 saturated carbocycles. The normalized spacial score (nSPS) is 11.7. The van der Waals surface area contributed by atoms with Gasteiger partial charge in [0.05, 0.1) is 7.11 Å². The van der Waals surface area contributed by atoms with Crippen LogP contribution in [0.3, 0.4) is 0 Å². The number of benzene rings is 2. The molecule has 1 amide bonds. The van der Waals surface area contributed by atoms with Crippen LogP contribution in [-0.2, 0) is 4.79 Å². The summed E-state index contributed by atoms with van der Waals surface area (Å²) in [7, 11) is 1.60. The van der Waals surface area contributed by atoms with Gasteiger partial charge in [-0.25, -0.2) is 0 Å². The van der Waals surface area contributed by atoms with Crippen molar-refractivity contribution in [3.8, 4) is 5.75 Å². The van der Waals surface area contributed by atoms with Crippen molar-refractivity contribution in [1.82, 2.24) is 0 Å². The first kappa shape index (κ1) is 13.4. The van der Waals surface area contributed by atoms with E-state index in [9.17, 15) is 4.79 Å². The maximum Gasteiger partial charge on any atom is 0.246 e. The third kappa shape index (κ3) is 3.48. The molecule has 98 valence electrons. The quantitative estimate of drug-likeness (QED) is 0.866. The molecule has 2 aromatic carbocycles. The van der Waals surface area contributed by atoms with Crippen molar-refractivity contribution in [2.45, 2.75) is 5.38 Å². The molecule has 0 bridgehead atoms. The fourth-order valence-corrected chi connectivity index (χ4v) is 1.85. The van der Waals surface area contributed by atoms with Crippen LogP contribution in [0.4, 0.5) is 5.69 Å². The highest BCUT2D eigenvalue weighted by Gasteiger charge is 2.17. The zero-order chi connectivity index (χ0) is 13.7. The van der Waals surface area contributed by atoms with Gasteiger partial charge in [0.2, 0.25) is 5.91 Å². The Balaban J connectivity index is 2.04. The molecule has 0 saturated heterocycles. The number of carbonyl (C=O) groups excluding carboxylic acids is 1. The molecular formula is C15H14ClNO2. The molecule has 0 aliphatic rings. The molecule has 0 aliphatic carbocycles. The van der Waals surface area contributed by atoms with E-state index in [-0.39, 0.29) is 5.91 Å². The largest absolute Gasteiger partial charge is 0.497 e. The van der Waals surface area contributed by atoms with E-state index >= 15 is 0 Å². The van der Waals surface area contributed by atoms with Crippen LogP contribution in [-0.4, -0.2) is 13.0 Å². The van der Waals surface area contributed by atoms with E-state index in [2.05, 4.69) is 5.32 Å². The van der Waals surface area contributed by atoms with Crippen LogP contribution in [0.25, 0.3) is 0 Å². The Morgan fingerprint density at radius 3 is 2.32 bits per heavy atom. The van der Waals surface area contributed by atoms with Crippen molar-refractivity contribution in [1.29, 1.82) is 0 Å². The van der Waals surface area contributed by atoms with Gasteiger partial charge < -0.3 is 10.1 Å². The highest BCUT2D eigenvalue weighted by atomic mass is 35.5. The Morgan fingerprint density at radius 1 is 1.11 bits per heavy atom. The first-order valence-corrected chi connectivity index (χ1v) is 6.28. The second kappa shape index (κ2) is 6.25. The van der Waals surface area contributed by atoms with Gasteiger partial charge in [-0.15, -0.1) is 11.6 Å². The van der Waals surface area contributed by atoms with E-state index in [1.54, 1.807) is 31.4 Å². The number of carbonyl (C=O) groups is 1.